The van der Waals surface area contributed by atoms with Crippen molar-refractivity contribution < 1.29 is 19.7 Å². The maximum Gasteiger partial charge on any atom is 0.336 e. The summed E-state index contributed by atoms with van der Waals surface area (Å²) in [5.74, 6) is -0.182. The fraction of sp³-hybridized carbons (Fsp3) is 0.286. The molecule has 0 amide bonds. The molecular weight excluding hydrogens is 148 g/mol. The van der Waals surface area contributed by atoms with Gasteiger partial charge >= 0.3 is 5.97 Å². The number of carbonyl (C=O) groups excluding carboxylic acids is 1. The SMILES string of the molecule is O=C1C=C/C(=C\[C@H](O)CO)O1. The summed E-state index contributed by atoms with van der Waals surface area (Å²) in [4.78, 5) is 10.4. The second-order valence-corrected chi connectivity index (χ2v) is 2.07. The Kier molecular flexibility index (Phi) is 2.40. The molecular formula is C7H8O4. The molecule has 0 aromatic heterocycles. The summed E-state index contributed by atoms with van der Waals surface area (Å²) in [7, 11) is 0. The van der Waals surface area contributed by atoms with Crippen LogP contribution in [-0.2, 0) is 9.53 Å². The van der Waals surface area contributed by atoms with Crippen LogP contribution in [0.15, 0.2) is 24.0 Å². The van der Waals surface area contributed by atoms with Crippen LogP contribution in [0.1, 0.15) is 0 Å². The van der Waals surface area contributed by atoms with Crippen molar-refractivity contribution in [1.82, 2.24) is 0 Å². The molecule has 2 N–H and O–H groups in total. The van der Waals surface area contributed by atoms with E-state index in [4.69, 9.17) is 10.2 Å². The molecule has 1 atom stereocenters. The summed E-state index contributed by atoms with van der Waals surface area (Å²) < 4.78 is 4.57. The molecule has 0 unspecified atom stereocenters. The number of ether oxygens (including phenoxy) is 1. The first-order valence-corrected chi connectivity index (χ1v) is 3.13. The van der Waals surface area contributed by atoms with Crippen molar-refractivity contribution in [2.24, 2.45) is 0 Å². The van der Waals surface area contributed by atoms with Crippen molar-refractivity contribution in [2.75, 3.05) is 6.61 Å². The highest BCUT2D eigenvalue weighted by molar-refractivity contribution is 5.86. The molecule has 0 saturated carbocycles. The molecule has 11 heavy (non-hydrogen) atoms. The van der Waals surface area contributed by atoms with Crippen LogP contribution >= 0.6 is 0 Å². The number of hydrogen-bond acceptors (Lipinski definition) is 4. The summed E-state index contributed by atoms with van der Waals surface area (Å²) in [6.45, 7) is -0.380. The molecule has 0 saturated heterocycles. The average molecular weight is 156 g/mol. The second-order valence-electron chi connectivity index (χ2n) is 2.07. The van der Waals surface area contributed by atoms with Crippen molar-refractivity contribution in [3.63, 3.8) is 0 Å². The number of hydrogen-bond donors (Lipinski definition) is 2. The Morgan fingerprint density at radius 3 is 2.82 bits per heavy atom. The highest BCUT2D eigenvalue weighted by Crippen LogP contribution is 2.09. The highest BCUT2D eigenvalue weighted by Gasteiger charge is 2.10. The van der Waals surface area contributed by atoms with Crippen molar-refractivity contribution in [2.45, 2.75) is 6.10 Å². The Hall–Kier alpha value is -1.13. The Morgan fingerprint density at radius 1 is 1.64 bits per heavy atom. The molecule has 0 aliphatic carbocycles. The van der Waals surface area contributed by atoms with Crippen LogP contribution in [0, 0.1) is 0 Å². The summed E-state index contributed by atoms with van der Waals surface area (Å²) >= 11 is 0. The number of carbonyl (C=O) groups is 1. The van der Waals surface area contributed by atoms with Gasteiger partial charge in [0.25, 0.3) is 0 Å². The van der Waals surface area contributed by atoms with Gasteiger partial charge in [0.15, 0.2) is 0 Å². The van der Waals surface area contributed by atoms with E-state index in [2.05, 4.69) is 4.74 Å². The van der Waals surface area contributed by atoms with Gasteiger partial charge in [0.1, 0.15) is 5.76 Å². The van der Waals surface area contributed by atoms with Crippen LogP contribution in [0.4, 0.5) is 0 Å². The van der Waals surface area contributed by atoms with Gasteiger partial charge in [0, 0.05) is 6.08 Å². The molecule has 1 aliphatic rings. The molecule has 0 bridgehead atoms. The smallest absolute Gasteiger partial charge is 0.336 e. The molecule has 0 spiro atoms. The summed E-state index contributed by atoms with van der Waals surface area (Å²) in [6, 6.07) is 0. The molecule has 1 aliphatic heterocycles. The van der Waals surface area contributed by atoms with E-state index in [1.54, 1.807) is 0 Å². The number of aliphatic hydroxyl groups is 2. The first kappa shape index (κ1) is 7.97. The average Bonchev–Trinajstić information content (AvgIpc) is 2.35. The van der Waals surface area contributed by atoms with Crippen LogP contribution in [0.2, 0.25) is 0 Å². The first-order chi connectivity index (χ1) is 5.22. The molecule has 0 fully saturated rings. The fourth-order valence-corrected chi connectivity index (χ4v) is 0.666. The fourth-order valence-electron chi connectivity index (χ4n) is 0.666. The minimum atomic E-state index is -0.972. The topological polar surface area (TPSA) is 66.8 Å². The van der Waals surface area contributed by atoms with Crippen LogP contribution in [-0.4, -0.2) is 28.9 Å². The first-order valence-electron chi connectivity index (χ1n) is 3.13. The number of rotatable bonds is 2. The standard InChI is InChI=1S/C7H8O4/c8-4-5(9)3-6-1-2-7(10)11-6/h1-3,5,8-9H,4H2/b6-3+/t5-/m0/s1. The maximum atomic E-state index is 10.4. The molecule has 4 heteroatoms. The number of aliphatic hydroxyl groups excluding tert-OH is 2. The van der Waals surface area contributed by atoms with E-state index in [1.807, 2.05) is 0 Å². The Bertz CT molecular complexity index is 216. The summed E-state index contributed by atoms with van der Waals surface area (Å²) in [5.41, 5.74) is 0. The molecule has 1 rings (SSSR count). The van der Waals surface area contributed by atoms with E-state index in [0.717, 1.165) is 0 Å². The number of esters is 1. The van der Waals surface area contributed by atoms with Gasteiger partial charge in [-0.05, 0) is 12.2 Å². The van der Waals surface area contributed by atoms with E-state index in [1.165, 1.54) is 18.2 Å². The quantitative estimate of drug-likeness (QED) is 0.521. The minimum Gasteiger partial charge on any atom is -0.424 e. The molecule has 0 radical (unpaired) electrons. The van der Waals surface area contributed by atoms with Crippen molar-refractivity contribution >= 4 is 5.97 Å². The lowest BCUT2D eigenvalue weighted by molar-refractivity contribution is -0.132. The third kappa shape index (κ3) is 2.18. The van der Waals surface area contributed by atoms with E-state index < -0.39 is 12.1 Å². The molecule has 0 aromatic carbocycles. The van der Waals surface area contributed by atoms with E-state index in [9.17, 15) is 4.79 Å². The van der Waals surface area contributed by atoms with Gasteiger partial charge in [0.05, 0.1) is 12.7 Å². The van der Waals surface area contributed by atoms with Gasteiger partial charge in [0.2, 0.25) is 0 Å². The van der Waals surface area contributed by atoms with Crippen LogP contribution < -0.4 is 0 Å². The summed E-state index contributed by atoms with van der Waals surface area (Å²) in [5, 5.41) is 17.3. The van der Waals surface area contributed by atoms with Crippen molar-refractivity contribution in [3.8, 4) is 0 Å². The molecule has 1 heterocycles. The predicted octanol–water partition coefficient (Wildman–Crippen LogP) is -0.664. The summed E-state index contributed by atoms with van der Waals surface area (Å²) in [6.07, 6.45) is 2.97. The minimum absolute atomic E-state index is 0.275. The maximum absolute atomic E-state index is 10.4. The Morgan fingerprint density at radius 2 is 2.36 bits per heavy atom. The lowest BCUT2D eigenvalue weighted by atomic mass is 10.3. The zero-order valence-corrected chi connectivity index (χ0v) is 5.73. The largest absolute Gasteiger partial charge is 0.424 e. The normalized spacial score (nSPS) is 22.4. The Labute approximate surface area is 63.4 Å². The van der Waals surface area contributed by atoms with Gasteiger partial charge in [-0.1, -0.05) is 0 Å². The monoisotopic (exact) mass is 156 g/mol. The van der Waals surface area contributed by atoms with E-state index in [0.29, 0.717) is 0 Å². The Balaban J connectivity index is 2.56. The van der Waals surface area contributed by atoms with Crippen molar-refractivity contribution in [3.05, 3.63) is 24.0 Å². The van der Waals surface area contributed by atoms with Crippen LogP contribution in [0.3, 0.4) is 0 Å². The third-order valence-electron chi connectivity index (χ3n) is 1.15. The number of allylic oxidation sites excluding steroid dienone is 1. The second kappa shape index (κ2) is 3.32. The zero-order valence-electron chi connectivity index (χ0n) is 5.73. The number of cyclic esters (lactones) is 1. The van der Waals surface area contributed by atoms with Crippen LogP contribution in [0.25, 0.3) is 0 Å². The van der Waals surface area contributed by atoms with Gasteiger partial charge in [-0.2, -0.15) is 0 Å². The highest BCUT2D eigenvalue weighted by atomic mass is 16.5. The molecule has 4 nitrogen and oxygen atoms in total. The van der Waals surface area contributed by atoms with E-state index in [-0.39, 0.29) is 12.4 Å². The lowest BCUT2D eigenvalue weighted by Crippen LogP contribution is -2.08. The van der Waals surface area contributed by atoms with Crippen molar-refractivity contribution in [1.29, 1.82) is 0 Å². The third-order valence-corrected chi connectivity index (χ3v) is 1.15. The predicted molar refractivity (Wildman–Crippen MR) is 36.4 cm³/mol. The van der Waals surface area contributed by atoms with Gasteiger partial charge in [-0.3, -0.25) is 0 Å². The van der Waals surface area contributed by atoms with E-state index >= 15 is 0 Å². The van der Waals surface area contributed by atoms with Gasteiger partial charge in [-0.15, -0.1) is 0 Å². The molecule has 60 valence electrons. The molecule has 0 aromatic rings. The van der Waals surface area contributed by atoms with Gasteiger partial charge < -0.3 is 14.9 Å². The van der Waals surface area contributed by atoms with Crippen LogP contribution in [0.5, 0.6) is 0 Å². The lowest BCUT2D eigenvalue weighted by Gasteiger charge is -2.00. The zero-order chi connectivity index (χ0) is 8.27. The van der Waals surface area contributed by atoms with Gasteiger partial charge in [-0.25, -0.2) is 4.79 Å².